The molecule has 1 heterocycles. The van der Waals surface area contributed by atoms with Crippen molar-refractivity contribution in [3.05, 3.63) is 42.0 Å². The van der Waals surface area contributed by atoms with Gasteiger partial charge in [0.15, 0.2) is 0 Å². The van der Waals surface area contributed by atoms with Crippen LogP contribution in [0.3, 0.4) is 0 Å². The number of rotatable bonds is 6. The van der Waals surface area contributed by atoms with Gasteiger partial charge < -0.3 is 14.6 Å². The van der Waals surface area contributed by atoms with Gasteiger partial charge in [0.25, 0.3) is 0 Å². The molecule has 0 aliphatic heterocycles. The molecule has 0 bridgehead atoms. The summed E-state index contributed by atoms with van der Waals surface area (Å²) in [4.78, 5) is 11.5. The lowest BCUT2D eigenvalue weighted by Crippen LogP contribution is -2.09. The van der Waals surface area contributed by atoms with Crippen LogP contribution in [-0.4, -0.2) is 33.9 Å². The number of carbonyl (C=O) groups excluding carboxylic acids is 1. The molecule has 2 rings (SSSR count). The molecular formula is C14H18N4O2. The molecule has 0 atom stereocenters. The highest BCUT2D eigenvalue weighted by Gasteiger charge is 2.05. The summed E-state index contributed by atoms with van der Waals surface area (Å²) in [5, 5.41) is 11.1. The number of aryl methyl sites for hydroxylation is 1. The molecule has 20 heavy (non-hydrogen) atoms. The topological polar surface area (TPSA) is 69.0 Å². The van der Waals surface area contributed by atoms with Crippen LogP contribution in [0.15, 0.2) is 30.6 Å². The zero-order valence-corrected chi connectivity index (χ0v) is 11.7. The maximum absolute atomic E-state index is 11.5. The van der Waals surface area contributed by atoms with E-state index in [1.807, 2.05) is 23.7 Å². The molecule has 1 N–H and O–H groups in total. The van der Waals surface area contributed by atoms with Crippen LogP contribution in [0.25, 0.3) is 0 Å². The third-order valence-corrected chi connectivity index (χ3v) is 2.88. The minimum Gasteiger partial charge on any atom is -0.462 e. The predicted octanol–water partition coefficient (Wildman–Crippen LogP) is 1.65. The van der Waals surface area contributed by atoms with Crippen LogP contribution in [-0.2, 0) is 18.2 Å². The minimum absolute atomic E-state index is 0.293. The molecular weight excluding hydrogens is 256 g/mol. The van der Waals surface area contributed by atoms with Crippen molar-refractivity contribution >= 4 is 11.7 Å². The highest BCUT2D eigenvalue weighted by Crippen LogP contribution is 2.10. The van der Waals surface area contributed by atoms with Crippen molar-refractivity contribution in [3.8, 4) is 0 Å². The fourth-order valence-electron chi connectivity index (χ4n) is 1.79. The Bertz CT molecular complexity index is 563. The van der Waals surface area contributed by atoms with Crippen LogP contribution in [0, 0.1) is 0 Å². The summed E-state index contributed by atoms with van der Waals surface area (Å²) in [7, 11) is 1.92. The first-order valence-corrected chi connectivity index (χ1v) is 6.54. The summed E-state index contributed by atoms with van der Waals surface area (Å²) in [6, 6.07) is 7.23. The number of carbonyl (C=O) groups is 1. The van der Waals surface area contributed by atoms with Crippen LogP contribution >= 0.6 is 0 Å². The Morgan fingerprint density at radius 1 is 1.35 bits per heavy atom. The molecule has 2 aromatic rings. The second-order valence-electron chi connectivity index (χ2n) is 4.33. The van der Waals surface area contributed by atoms with Gasteiger partial charge in [-0.05, 0) is 31.2 Å². The van der Waals surface area contributed by atoms with Gasteiger partial charge in [0.05, 0.1) is 12.2 Å². The standard InChI is InChI=1S/C14H18N4O2/c1-3-20-14(19)11-4-6-12(7-5-11)15-9-8-13-17-16-10-18(13)2/h4-7,10,15H,3,8-9H2,1-2H3. The van der Waals surface area contributed by atoms with E-state index in [0.717, 1.165) is 24.5 Å². The van der Waals surface area contributed by atoms with Crippen molar-refractivity contribution in [2.24, 2.45) is 7.05 Å². The first kappa shape index (κ1) is 14.0. The predicted molar refractivity (Wildman–Crippen MR) is 75.6 cm³/mol. The largest absolute Gasteiger partial charge is 0.462 e. The Labute approximate surface area is 117 Å². The molecule has 0 aliphatic rings. The van der Waals surface area contributed by atoms with Crippen LogP contribution in [0.1, 0.15) is 23.1 Å². The van der Waals surface area contributed by atoms with Crippen molar-refractivity contribution in [2.75, 3.05) is 18.5 Å². The molecule has 0 radical (unpaired) electrons. The van der Waals surface area contributed by atoms with Gasteiger partial charge >= 0.3 is 5.97 Å². The highest BCUT2D eigenvalue weighted by molar-refractivity contribution is 5.89. The number of aromatic nitrogens is 3. The first-order chi connectivity index (χ1) is 9.70. The monoisotopic (exact) mass is 274 g/mol. The summed E-state index contributed by atoms with van der Waals surface area (Å²) in [5.41, 5.74) is 1.52. The summed E-state index contributed by atoms with van der Waals surface area (Å²) >= 11 is 0. The number of nitrogens with one attached hydrogen (secondary N) is 1. The Balaban J connectivity index is 1.85. The molecule has 1 aromatic carbocycles. The van der Waals surface area contributed by atoms with E-state index in [-0.39, 0.29) is 5.97 Å². The lowest BCUT2D eigenvalue weighted by atomic mass is 10.2. The quantitative estimate of drug-likeness (QED) is 0.811. The Hall–Kier alpha value is -2.37. The van der Waals surface area contributed by atoms with Crippen LogP contribution in [0.4, 0.5) is 5.69 Å². The van der Waals surface area contributed by atoms with Gasteiger partial charge in [-0.1, -0.05) is 0 Å². The summed E-state index contributed by atoms with van der Waals surface area (Å²) in [5.74, 6) is 0.638. The molecule has 0 fully saturated rings. The molecule has 0 aliphatic carbocycles. The van der Waals surface area contributed by atoms with Crippen LogP contribution in [0.5, 0.6) is 0 Å². The molecule has 0 saturated carbocycles. The van der Waals surface area contributed by atoms with E-state index in [4.69, 9.17) is 4.74 Å². The number of anilines is 1. The minimum atomic E-state index is -0.293. The lowest BCUT2D eigenvalue weighted by Gasteiger charge is -2.07. The zero-order chi connectivity index (χ0) is 14.4. The van der Waals surface area contributed by atoms with Gasteiger partial charge in [-0.25, -0.2) is 4.79 Å². The number of hydrogen-bond donors (Lipinski definition) is 1. The van der Waals surface area contributed by atoms with Gasteiger partial charge in [-0.2, -0.15) is 0 Å². The fraction of sp³-hybridized carbons (Fsp3) is 0.357. The lowest BCUT2D eigenvalue weighted by molar-refractivity contribution is 0.0526. The van der Waals surface area contributed by atoms with Gasteiger partial charge in [0.2, 0.25) is 0 Å². The summed E-state index contributed by atoms with van der Waals surface area (Å²) in [6.07, 6.45) is 2.47. The van der Waals surface area contributed by atoms with Crippen molar-refractivity contribution in [3.63, 3.8) is 0 Å². The van der Waals surface area contributed by atoms with Crippen LogP contribution in [0.2, 0.25) is 0 Å². The second kappa shape index (κ2) is 6.70. The normalized spacial score (nSPS) is 10.3. The SMILES string of the molecule is CCOC(=O)c1ccc(NCCc2nncn2C)cc1. The summed E-state index contributed by atoms with van der Waals surface area (Å²) in [6.45, 7) is 2.93. The van der Waals surface area contributed by atoms with Crippen molar-refractivity contribution < 1.29 is 9.53 Å². The van der Waals surface area contributed by atoms with E-state index < -0.39 is 0 Å². The molecule has 6 heteroatoms. The van der Waals surface area contributed by atoms with Gasteiger partial charge in [-0.15, -0.1) is 10.2 Å². The van der Waals surface area contributed by atoms with E-state index in [1.54, 1.807) is 25.4 Å². The van der Waals surface area contributed by atoms with Crippen molar-refractivity contribution in [2.45, 2.75) is 13.3 Å². The van der Waals surface area contributed by atoms with E-state index >= 15 is 0 Å². The fourth-order valence-corrected chi connectivity index (χ4v) is 1.79. The molecule has 0 saturated heterocycles. The number of hydrogen-bond acceptors (Lipinski definition) is 5. The van der Waals surface area contributed by atoms with Crippen molar-refractivity contribution in [1.82, 2.24) is 14.8 Å². The molecule has 0 spiro atoms. The highest BCUT2D eigenvalue weighted by atomic mass is 16.5. The van der Waals surface area contributed by atoms with E-state index in [0.29, 0.717) is 12.2 Å². The van der Waals surface area contributed by atoms with Crippen LogP contribution < -0.4 is 5.32 Å². The zero-order valence-electron chi connectivity index (χ0n) is 11.7. The molecule has 106 valence electrons. The Kier molecular flexibility index (Phi) is 4.70. The first-order valence-electron chi connectivity index (χ1n) is 6.54. The van der Waals surface area contributed by atoms with Gasteiger partial charge in [0.1, 0.15) is 12.2 Å². The Morgan fingerprint density at radius 2 is 2.10 bits per heavy atom. The smallest absolute Gasteiger partial charge is 0.338 e. The third-order valence-electron chi connectivity index (χ3n) is 2.88. The second-order valence-corrected chi connectivity index (χ2v) is 4.33. The molecule has 0 unspecified atom stereocenters. The summed E-state index contributed by atoms with van der Waals surface area (Å²) < 4.78 is 6.83. The van der Waals surface area contributed by atoms with E-state index in [1.165, 1.54) is 0 Å². The molecule has 1 aromatic heterocycles. The maximum atomic E-state index is 11.5. The number of benzene rings is 1. The number of esters is 1. The van der Waals surface area contributed by atoms with Gasteiger partial charge in [0, 0.05) is 25.7 Å². The third kappa shape index (κ3) is 3.57. The molecule has 0 amide bonds. The molecule has 6 nitrogen and oxygen atoms in total. The van der Waals surface area contributed by atoms with E-state index in [2.05, 4.69) is 15.5 Å². The van der Waals surface area contributed by atoms with Gasteiger partial charge in [-0.3, -0.25) is 0 Å². The number of nitrogens with zero attached hydrogens (tertiary/aromatic N) is 3. The average molecular weight is 274 g/mol. The maximum Gasteiger partial charge on any atom is 0.338 e. The van der Waals surface area contributed by atoms with E-state index in [9.17, 15) is 4.79 Å². The average Bonchev–Trinajstić information content (AvgIpc) is 2.85. The van der Waals surface area contributed by atoms with Crippen molar-refractivity contribution in [1.29, 1.82) is 0 Å². The Morgan fingerprint density at radius 3 is 2.70 bits per heavy atom. The number of ether oxygens (including phenoxy) is 1.